The number of imidazole rings is 1. The quantitative estimate of drug-likeness (QED) is 0.624. The van der Waals surface area contributed by atoms with Gasteiger partial charge in [0.1, 0.15) is 30.4 Å². The minimum Gasteiger partial charge on any atom is -0.491 e. The molecule has 150 valence electrons. The number of nitrogens with zero attached hydrogens (tertiary/aromatic N) is 2. The van der Waals surface area contributed by atoms with E-state index in [1.165, 1.54) is 0 Å². The fourth-order valence-electron chi connectivity index (χ4n) is 3.54. The van der Waals surface area contributed by atoms with Crippen molar-refractivity contribution in [2.24, 2.45) is 0 Å². The maximum absolute atomic E-state index is 10.6. The standard InChI is InChI=1S/C21H23ClN2O3.ClH/c1-14-11-15(22)8-9-19(14)27-13-16(25)12-24-18-6-3-2-5-17(18)23-21(24)20-7-4-10-26-20;/h2-3,5-6,8-9,11,16,20,25H,4,7,10,12-13H2,1H3;1H. The zero-order valence-electron chi connectivity index (χ0n) is 15.7. The number of hydrogen-bond donors (Lipinski definition) is 1. The molecule has 0 bridgehead atoms. The van der Waals surface area contributed by atoms with Gasteiger partial charge in [-0.05, 0) is 55.7 Å². The van der Waals surface area contributed by atoms with Gasteiger partial charge in [0.2, 0.25) is 0 Å². The number of benzene rings is 2. The molecular weight excluding hydrogens is 399 g/mol. The lowest BCUT2D eigenvalue weighted by atomic mass is 10.2. The second-order valence-electron chi connectivity index (χ2n) is 6.95. The second kappa shape index (κ2) is 9.14. The van der Waals surface area contributed by atoms with E-state index < -0.39 is 6.10 Å². The van der Waals surface area contributed by atoms with Gasteiger partial charge in [-0.15, -0.1) is 12.4 Å². The van der Waals surface area contributed by atoms with Gasteiger partial charge in [-0.2, -0.15) is 0 Å². The van der Waals surface area contributed by atoms with Crippen LogP contribution in [0.2, 0.25) is 5.02 Å². The zero-order chi connectivity index (χ0) is 18.8. The van der Waals surface area contributed by atoms with Crippen molar-refractivity contribution in [2.45, 2.75) is 38.5 Å². The second-order valence-corrected chi connectivity index (χ2v) is 7.38. The third-order valence-corrected chi connectivity index (χ3v) is 5.10. The third-order valence-electron chi connectivity index (χ3n) is 4.86. The highest BCUT2D eigenvalue weighted by molar-refractivity contribution is 6.30. The van der Waals surface area contributed by atoms with Crippen molar-refractivity contribution in [2.75, 3.05) is 13.2 Å². The summed E-state index contributed by atoms with van der Waals surface area (Å²) in [6, 6.07) is 13.4. The number of rotatable bonds is 6. The van der Waals surface area contributed by atoms with E-state index in [1.807, 2.05) is 43.3 Å². The predicted molar refractivity (Wildman–Crippen MR) is 113 cm³/mol. The molecule has 4 rings (SSSR count). The number of ether oxygens (including phenoxy) is 2. The molecule has 1 aromatic heterocycles. The number of hydrogen-bond acceptors (Lipinski definition) is 4. The van der Waals surface area contributed by atoms with Crippen LogP contribution < -0.4 is 4.74 Å². The molecule has 0 aliphatic carbocycles. The Kier molecular flexibility index (Phi) is 6.83. The maximum atomic E-state index is 10.6. The maximum Gasteiger partial charge on any atom is 0.139 e. The molecular formula is C21H24Cl2N2O3. The van der Waals surface area contributed by atoms with Crippen LogP contribution in [0.3, 0.4) is 0 Å². The minimum absolute atomic E-state index is 0. The molecule has 28 heavy (non-hydrogen) atoms. The molecule has 7 heteroatoms. The Morgan fingerprint density at radius 2 is 2.14 bits per heavy atom. The Morgan fingerprint density at radius 1 is 1.32 bits per heavy atom. The topological polar surface area (TPSA) is 56.5 Å². The SMILES string of the molecule is Cc1cc(Cl)ccc1OCC(O)Cn1c(C2CCCO2)nc2ccccc21.Cl. The van der Waals surface area contributed by atoms with Gasteiger partial charge in [0, 0.05) is 11.6 Å². The van der Waals surface area contributed by atoms with Crippen molar-refractivity contribution in [3.8, 4) is 5.75 Å². The van der Waals surface area contributed by atoms with Crippen LogP contribution in [0.5, 0.6) is 5.75 Å². The largest absolute Gasteiger partial charge is 0.491 e. The molecule has 1 fully saturated rings. The molecule has 0 radical (unpaired) electrons. The Balaban J connectivity index is 0.00000225. The number of aliphatic hydroxyl groups is 1. The van der Waals surface area contributed by atoms with E-state index in [1.54, 1.807) is 6.07 Å². The number of aryl methyl sites for hydroxylation is 1. The fraction of sp³-hybridized carbons (Fsp3) is 0.381. The molecule has 3 aromatic rings. The van der Waals surface area contributed by atoms with Gasteiger partial charge in [-0.25, -0.2) is 4.98 Å². The molecule has 1 saturated heterocycles. The van der Waals surface area contributed by atoms with Crippen molar-refractivity contribution < 1.29 is 14.6 Å². The molecule has 1 aliphatic rings. The van der Waals surface area contributed by atoms with Crippen LogP contribution in [-0.4, -0.2) is 34.0 Å². The van der Waals surface area contributed by atoms with Crippen molar-refractivity contribution in [3.63, 3.8) is 0 Å². The minimum atomic E-state index is -0.669. The summed E-state index contributed by atoms with van der Waals surface area (Å²) in [5.74, 6) is 1.61. The van der Waals surface area contributed by atoms with E-state index in [2.05, 4.69) is 4.57 Å². The van der Waals surface area contributed by atoms with E-state index in [9.17, 15) is 5.11 Å². The van der Waals surface area contributed by atoms with E-state index in [4.69, 9.17) is 26.1 Å². The Hall–Kier alpha value is -1.79. The van der Waals surface area contributed by atoms with Crippen LogP contribution in [0.4, 0.5) is 0 Å². The highest BCUT2D eigenvalue weighted by Gasteiger charge is 2.25. The average Bonchev–Trinajstić information content (AvgIpc) is 3.29. The lowest BCUT2D eigenvalue weighted by molar-refractivity contribution is 0.0804. The predicted octanol–water partition coefficient (Wildman–Crippen LogP) is 4.71. The van der Waals surface area contributed by atoms with E-state index in [-0.39, 0.29) is 25.1 Å². The molecule has 1 N–H and O–H groups in total. The number of fused-ring (bicyclic) bond motifs is 1. The summed E-state index contributed by atoms with van der Waals surface area (Å²) in [4.78, 5) is 4.76. The molecule has 5 nitrogen and oxygen atoms in total. The number of para-hydroxylation sites is 2. The first-order valence-electron chi connectivity index (χ1n) is 9.25. The van der Waals surface area contributed by atoms with E-state index in [0.717, 1.165) is 47.6 Å². The summed E-state index contributed by atoms with van der Waals surface area (Å²) in [6.07, 6.45) is 1.32. The summed E-state index contributed by atoms with van der Waals surface area (Å²) < 4.78 is 13.7. The molecule has 0 spiro atoms. The molecule has 2 heterocycles. The third kappa shape index (κ3) is 4.44. The van der Waals surface area contributed by atoms with Crippen molar-refractivity contribution >= 4 is 35.0 Å². The van der Waals surface area contributed by atoms with Gasteiger partial charge in [0.25, 0.3) is 0 Å². The fourth-order valence-corrected chi connectivity index (χ4v) is 3.76. The lowest BCUT2D eigenvalue weighted by Gasteiger charge is -2.18. The molecule has 2 atom stereocenters. The highest BCUT2D eigenvalue weighted by Crippen LogP contribution is 2.31. The summed E-state index contributed by atoms with van der Waals surface area (Å²) >= 11 is 5.98. The molecule has 1 aliphatic heterocycles. The van der Waals surface area contributed by atoms with Crippen LogP contribution in [0, 0.1) is 6.92 Å². The summed E-state index contributed by atoms with van der Waals surface area (Å²) in [5, 5.41) is 11.3. The Labute approximate surface area is 175 Å². The van der Waals surface area contributed by atoms with Crippen LogP contribution in [0.1, 0.15) is 30.3 Å². The summed E-state index contributed by atoms with van der Waals surface area (Å²) in [5.41, 5.74) is 2.87. The summed E-state index contributed by atoms with van der Waals surface area (Å²) in [6.45, 7) is 3.30. The van der Waals surface area contributed by atoms with Crippen LogP contribution in [0.25, 0.3) is 11.0 Å². The number of halogens is 2. The molecule has 0 amide bonds. The smallest absolute Gasteiger partial charge is 0.139 e. The zero-order valence-corrected chi connectivity index (χ0v) is 17.2. The molecule has 2 unspecified atom stereocenters. The van der Waals surface area contributed by atoms with Crippen molar-refractivity contribution in [1.82, 2.24) is 9.55 Å². The van der Waals surface area contributed by atoms with Crippen LogP contribution in [0.15, 0.2) is 42.5 Å². The van der Waals surface area contributed by atoms with Gasteiger partial charge in [-0.1, -0.05) is 23.7 Å². The average molecular weight is 423 g/mol. The first kappa shape index (κ1) is 20.9. The van der Waals surface area contributed by atoms with Crippen LogP contribution >= 0.6 is 24.0 Å². The first-order valence-corrected chi connectivity index (χ1v) is 9.63. The van der Waals surface area contributed by atoms with Crippen molar-refractivity contribution in [3.05, 3.63) is 58.9 Å². The van der Waals surface area contributed by atoms with E-state index in [0.29, 0.717) is 11.6 Å². The van der Waals surface area contributed by atoms with Gasteiger partial charge in [-0.3, -0.25) is 0 Å². The van der Waals surface area contributed by atoms with E-state index >= 15 is 0 Å². The van der Waals surface area contributed by atoms with Gasteiger partial charge < -0.3 is 19.1 Å². The van der Waals surface area contributed by atoms with Gasteiger partial charge >= 0.3 is 0 Å². The first-order chi connectivity index (χ1) is 13.1. The van der Waals surface area contributed by atoms with Crippen molar-refractivity contribution in [1.29, 1.82) is 0 Å². The van der Waals surface area contributed by atoms with Crippen LogP contribution in [-0.2, 0) is 11.3 Å². The Morgan fingerprint density at radius 3 is 2.89 bits per heavy atom. The lowest BCUT2D eigenvalue weighted by Crippen LogP contribution is -2.25. The number of aliphatic hydroxyl groups excluding tert-OH is 1. The van der Waals surface area contributed by atoms with Gasteiger partial charge in [0.05, 0.1) is 17.6 Å². The highest BCUT2D eigenvalue weighted by atomic mass is 35.5. The summed E-state index contributed by atoms with van der Waals surface area (Å²) in [7, 11) is 0. The normalized spacial score (nSPS) is 17.5. The molecule has 0 saturated carbocycles. The Bertz CT molecular complexity index is 939. The number of aromatic nitrogens is 2. The van der Waals surface area contributed by atoms with Gasteiger partial charge in [0.15, 0.2) is 0 Å². The monoisotopic (exact) mass is 422 g/mol. The molecule has 2 aromatic carbocycles.